The summed E-state index contributed by atoms with van der Waals surface area (Å²) >= 11 is 0. The summed E-state index contributed by atoms with van der Waals surface area (Å²) in [6.07, 6.45) is -0.457. The lowest BCUT2D eigenvalue weighted by atomic mass is 9.82. The van der Waals surface area contributed by atoms with Crippen LogP contribution in [0, 0.1) is 0 Å². The van der Waals surface area contributed by atoms with Gasteiger partial charge in [-0.2, -0.15) is 13.2 Å². The second-order valence-corrected chi connectivity index (χ2v) is 5.55. The molecule has 21 heavy (non-hydrogen) atoms. The van der Waals surface area contributed by atoms with E-state index in [2.05, 4.69) is 5.32 Å². The van der Waals surface area contributed by atoms with E-state index < -0.39 is 17.3 Å². The van der Waals surface area contributed by atoms with E-state index in [-0.39, 0.29) is 18.0 Å². The molecular formula is C15H19F3N2O. The molecule has 1 aromatic carbocycles. The molecule has 1 aliphatic rings. The highest BCUT2D eigenvalue weighted by atomic mass is 19.4. The van der Waals surface area contributed by atoms with Gasteiger partial charge < -0.3 is 11.1 Å². The predicted molar refractivity (Wildman–Crippen MR) is 73.3 cm³/mol. The second kappa shape index (κ2) is 6.05. The molecule has 0 atom stereocenters. The van der Waals surface area contributed by atoms with Crippen LogP contribution in [0.4, 0.5) is 13.2 Å². The van der Waals surface area contributed by atoms with Crippen LogP contribution in [0.25, 0.3) is 0 Å². The zero-order chi connectivity index (χ0) is 15.5. The molecule has 0 bridgehead atoms. The lowest BCUT2D eigenvalue weighted by Crippen LogP contribution is -2.54. The zero-order valence-electron chi connectivity index (χ0n) is 11.7. The standard InChI is InChI=1S/C15H19F3N2O/c16-15(17,18)12-7-3-2-6-11(12)10-20-13(21)14(19)8-4-1-5-9-14/h2-3,6-7H,1,4-5,8-10,19H2,(H,20,21). The Hall–Kier alpha value is -1.56. The molecule has 0 aliphatic heterocycles. The van der Waals surface area contributed by atoms with E-state index in [9.17, 15) is 18.0 Å². The molecule has 0 aromatic heterocycles. The summed E-state index contributed by atoms with van der Waals surface area (Å²) in [7, 11) is 0. The van der Waals surface area contributed by atoms with Crippen LogP contribution in [0.3, 0.4) is 0 Å². The molecule has 1 saturated carbocycles. The number of carbonyl (C=O) groups excluding carboxylic acids is 1. The number of amides is 1. The highest BCUT2D eigenvalue weighted by molar-refractivity contribution is 5.86. The van der Waals surface area contributed by atoms with Crippen molar-refractivity contribution in [3.8, 4) is 0 Å². The van der Waals surface area contributed by atoms with Gasteiger partial charge in [0.05, 0.1) is 11.1 Å². The van der Waals surface area contributed by atoms with Crippen LogP contribution in [-0.2, 0) is 17.5 Å². The molecule has 1 aromatic rings. The van der Waals surface area contributed by atoms with Crippen molar-refractivity contribution in [3.63, 3.8) is 0 Å². The maximum Gasteiger partial charge on any atom is 0.416 e. The molecule has 0 heterocycles. The maximum atomic E-state index is 12.9. The molecule has 0 spiro atoms. The van der Waals surface area contributed by atoms with Crippen molar-refractivity contribution in [2.45, 2.75) is 50.4 Å². The molecule has 0 radical (unpaired) electrons. The molecule has 3 nitrogen and oxygen atoms in total. The zero-order valence-corrected chi connectivity index (χ0v) is 11.7. The van der Waals surface area contributed by atoms with Gasteiger partial charge in [-0.25, -0.2) is 0 Å². The van der Waals surface area contributed by atoms with Crippen molar-refractivity contribution in [2.75, 3.05) is 0 Å². The fourth-order valence-electron chi connectivity index (χ4n) is 2.71. The van der Waals surface area contributed by atoms with Gasteiger partial charge in [-0.05, 0) is 24.5 Å². The van der Waals surface area contributed by atoms with Gasteiger partial charge in [0.25, 0.3) is 0 Å². The third-order valence-electron chi connectivity index (χ3n) is 3.96. The van der Waals surface area contributed by atoms with Gasteiger partial charge in [-0.15, -0.1) is 0 Å². The normalized spacial score (nSPS) is 18.3. The van der Waals surface area contributed by atoms with Crippen LogP contribution < -0.4 is 11.1 Å². The van der Waals surface area contributed by atoms with Crippen LogP contribution in [0.15, 0.2) is 24.3 Å². The topological polar surface area (TPSA) is 55.1 Å². The molecule has 0 unspecified atom stereocenters. The minimum atomic E-state index is -4.42. The third-order valence-corrected chi connectivity index (χ3v) is 3.96. The molecule has 1 aliphatic carbocycles. The number of hydrogen-bond acceptors (Lipinski definition) is 2. The largest absolute Gasteiger partial charge is 0.416 e. The molecule has 1 fully saturated rings. The monoisotopic (exact) mass is 300 g/mol. The van der Waals surface area contributed by atoms with E-state index in [0.717, 1.165) is 25.3 Å². The summed E-state index contributed by atoms with van der Waals surface area (Å²) in [4.78, 5) is 12.1. The quantitative estimate of drug-likeness (QED) is 0.901. The average molecular weight is 300 g/mol. The van der Waals surface area contributed by atoms with E-state index in [4.69, 9.17) is 5.73 Å². The molecule has 1 amide bonds. The highest BCUT2D eigenvalue weighted by Gasteiger charge is 2.36. The summed E-state index contributed by atoms with van der Waals surface area (Å²) in [5.41, 5.74) is 4.45. The first-order valence-electron chi connectivity index (χ1n) is 7.05. The number of nitrogens with two attached hydrogens (primary N) is 1. The van der Waals surface area contributed by atoms with Crippen molar-refractivity contribution < 1.29 is 18.0 Å². The maximum absolute atomic E-state index is 12.9. The third kappa shape index (κ3) is 3.75. The first-order valence-corrected chi connectivity index (χ1v) is 7.05. The van der Waals surface area contributed by atoms with E-state index in [1.807, 2.05) is 0 Å². The van der Waals surface area contributed by atoms with Crippen LogP contribution in [0.2, 0.25) is 0 Å². The van der Waals surface area contributed by atoms with Gasteiger partial charge in [0.1, 0.15) is 0 Å². The van der Waals surface area contributed by atoms with Crippen molar-refractivity contribution in [1.29, 1.82) is 0 Å². The Balaban J connectivity index is 2.05. The summed E-state index contributed by atoms with van der Waals surface area (Å²) < 4.78 is 38.6. The van der Waals surface area contributed by atoms with Gasteiger partial charge in [-0.1, -0.05) is 37.5 Å². The molecule has 3 N–H and O–H groups in total. The van der Waals surface area contributed by atoms with Gasteiger partial charge in [0.15, 0.2) is 0 Å². The van der Waals surface area contributed by atoms with Crippen molar-refractivity contribution in [1.82, 2.24) is 5.32 Å². The summed E-state index contributed by atoms with van der Waals surface area (Å²) in [6, 6.07) is 5.24. The number of nitrogens with one attached hydrogen (secondary N) is 1. The van der Waals surface area contributed by atoms with Gasteiger partial charge >= 0.3 is 6.18 Å². The number of benzene rings is 1. The Morgan fingerprint density at radius 3 is 2.43 bits per heavy atom. The van der Waals surface area contributed by atoms with Crippen LogP contribution in [0.5, 0.6) is 0 Å². The van der Waals surface area contributed by atoms with E-state index in [0.29, 0.717) is 12.8 Å². The van der Waals surface area contributed by atoms with Crippen molar-refractivity contribution >= 4 is 5.91 Å². The Kier molecular flexibility index (Phi) is 4.56. The molecule has 6 heteroatoms. The van der Waals surface area contributed by atoms with Crippen molar-refractivity contribution in [2.24, 2.45) is 5.73 Å². The number of rotatable bonds is 3. The minimum Gasteiger partial charge on any atom is -0.350 e. The summed E-state index contributed by atoms with van der Waals surface area (Å²) in [5.74, 6) is -0.362. The van der Waals surface area contributed by atoms with Crippen LogP contribution >= 0.6 is 0 Å². The highest BCUT2D eigenvalue weighted by Crippen LogP contribution is 2.32. The first-order chi connectivity index (χ1) is 9.83. The smallest absolute Gasteiger partial charge is 0.350 e. The Labute approximate surface area is 121 Å². The van der Waals surface area contributed by atoms with E-state index in [1.54, 1.807) is 0 Å². The van der Waals surface area contributed by atoms with Gasteiger partial charge in [0, 0.05) is 6.54 Å². The first kappa shape index (κ1) is 15.8. The number of hydrogen-bond donors (Lipinski definition) is 2. The van der Waals surface area contributed by atoms with Gasteiger partial charge in [-0.3, -0.25) is 4.79 Å². The number of halogens is 3. The summed E-state index contributed by atoms with van der Waals surface area (Å²) in [6.45, 7) is -0.159. The predicted octanol–water partition coefficient (Wildman–Crippen LogP) is 2.98. The van der Waals surface area contributed by atoms with E-state index >= 15 is 0 Å². The number of carbonyl (C=O) groups is 1. The Morgan fingerprint density at radius 1 is 1.19 bits per heavy atom. The Bertz CT molecular complexity index is 508. The fourth-order valence-corrected chi connectivity index (χ4v) is 2.71. The van der Waals surface area contributed by atoms with Gasteiger partial charge in [0.2, 0.25) is 5.91 Å². The fraction of sp³-hybridized carbons (Fsp3) is 0.533. The lowest BCUT2D eigenvalue weighted by Gasteiger charge is -2.31. The van der Waals surface area contributed by atoms with Crippen LogP contribution in [-0.4, -0.2) is 11.4 Å². The average Bonchev–Trinajstić information content (AvgIpc) is 2.45. The number of alkyl halides is 3. The summed E-state index contributed by atoms with van der Waals surface area (Å²) in [5, 5.41) is 2.56. The van der Waals surface area contributed by atoms with Crippen LogP contribution in [0.1, 0.15) is 43.2 Å². The van der Waals surface area contributed by atoms with E-state index in [1.165, 1.54) is 18.2 Å². The lowest BCUT2D eigenvalue weighted by molar-refractivity contribution is -0.138. The second-order valence-electron chi connectivity index (χ2n) is 5.55. The van der Waals surface area contributed by atoms with Crippen molar-refractivity contribution in [3.05, 3.63) is 35.4 Å². The Morgan fingerprint density at radius 2 is 1.81 bits per heavy atom. The molecule has 0 saturated heterocycles. The molecule has 116 valence electrons. The molecule has 2 rings (SSSR count). The SMILES string of the molecule is NC1(C(=O)NCc2ccccc2C(F)(F)F)CCCCC1. The molecular weight excluding hydrogens is 281 g/mol. The minimum absolute atomic E-state index is 0.0535.